The van der Waals surface area contributed by atoms with Crippen molar-refractivity contribution in [3.63, 3.8) is 0 Å². The molecule has 36 heavy (non-hydrogen) atoms. The van der Waals surface area contributed by atoms with Gasteiger partial charge in [0.05, 0.1) is 11.1 Å². The van der Waals surface area contributed by atoms with Gasteiger partial charge in [0.2, 0.25) is 0 Å². The van der Waals surface area contributed by atoms with Crippen LogP contribution in [0.1, 0.15) is 55.7 Å². The van der Waals surface area contributed by atoms with Crippen molar-refractivity contribution < 1.29 is 23.8 Å². The Bertz CT molecular complexity index is 1390. The van der Waals surface area contributed by atoms with E-state index in [0.717, 1.165) is 11.1 Å². The van der Waals surface area contributed by atoms with E-state index in [0.29, 0.717) is 22.4 Å². The molecule has 0 saturated carbocycles. The van der Waals surface area contributed by atoms with E-state index in [1.165, 1.54) is 4.57 Å². The molecule has 9 nitrogen and oxygen atoms in total. The van der Waals surface area contributed by atoms with E-state index >= 15 is 0 Å². The average molecular weight is 493 g/mol. The van der Waals surface area contributed by atoms with Crippen LogP contribution in [0.25, 0.3) is 0 Å². The minimum absolute atomic E-state index is 0.135. The quantitative estimate of drug-likeness (QED) is 0.526. The zero-order chi connectivity index (χ0) is 26.0. The summed E-state index contributed by atoms with van der Waals surface area (Å²) in [4.78, 5) is 52.2. The first-order valence-corrected chi connectivity index (χ1v) is 11.6. The molecular weight excluding hydrogens is 464 g/mol. The maximum Gasteiger partial charge on any atom is 0.338 e. The number of nitrogens with zero attached hydrogens (tertiary/aromatic N) is 1. The standard InChI is InChI=1S/C27H28N2O7/c1-15-5-9-19(10-6-15)25(31)34-14-22-21(36-26(32)20-11-7-16(2)8-12-20)13-23(35-22)29-18(4)17(3)24(30)28-27(29)33/h5-12,21-23H,13-14H2,1-4H3,(H,28,30,33)/t21-,22+,23+/m0/s1. The van der Waals surface area contributed by atoms with Crippen LogP contribution in [0, 0.1) is 27.7 Å². The maximum absolute atomic E-state index is 12.8. The highest BCUT2D eigenvalue weighted by Crippen LogP contribution is 2.32. The summed E-state index contributed by atoms with van der Waals surface area (Å²) < 4.78 is 18.6. The number of aromatic nitrogens is 2. The van der Waals surface area contributed by atoms with Gasteiger partial charge in [0.15, 0.2) is 0 Å². The van der Waals surface area contributed by atoms with Crippen LogP contribution >= 0.6 is 0 Å². The van der Waals surface area contributed by atoms with Crippen molar-refractivity contribution in [3.8, 4) is 0 Å². The van der Waals surface area contributed by atoms with Gasteiger partial charge >= 0.3 is 17.6 Å². The largest absolute Gasteiger partial charge is 0.459 e. The molecule has 0 amide bonds. The van der Waals surface area contributed by atoms with Crippen molar-refractivity contribution in [2.75, 3.05) is 6.61 Å². The fourth-order valence-electron chi connectivity index (χ4n) is 4.05. The summed E-state index contributed by atoms with van der Waals surface area (Å²) >= 11 is 0. The molecule has 0 unspecified atom stereocenters. The zero-order valence-electron chi connectivity index (χ0n) is 20.6. The molecule has 1 aliphatic heterocycles. The molecule has 4 rings (SSSR count). The Morgan fingerprint density at radius 1 is 0.917 bits per heavy atom. The molecule has 0 bridgehead atoms. The van der Waals surface area contributed by atoms with Crippen LogP contribution in [-0.4, -0.2) is 40.3 Å². The smallest absolute Gasteiger partial charge is 0.338 e. The first-order valence-electron chi connectivity index (χ1n) is 11.6. The lowest BCUT2D eigenvalue weighted by atomic mass is 10.1. The summed E-state index contributed by atoms with van der Waals surface area (Å²) in [6.07, 6.45) is -2.31. The van der Waals surface area contributed by atoms with Crippen LogP contribution in [0.5, 0.6) is 0 Å². The highest BCUT2D eigenvalue weighted by atomic mass is 16.6. The van der Waals surface area contributed by atoms with Crippen molar-refractivity contribution in [3.05, 3.63) is 103 Å². The van der Waals surface area contributed by atoms with Crippen LogP contribution in [0.2, 0.25) is 0 Å². The molecular formula is C27H28N2O7. The van der Waals surface area contributed by atoms with Crippen LogP contribution in [0.3, 0.4) is 0 Å². The number of hydrogen-bond donors (Lipinski definition) is 1. The van der Waals surface area contributed by atoms with E-state index in [1.54, 1.807) is 62.4 Å². The molecule has 3 atom stereocenters. The monoisotopic (exact) mass is 492 g/mol. The van der Waals surface area contributed by atoms with E-state index in [4.69, 9.17) is 14.2 Å². The first-order chi connectivity index (χ1) is 17.1. The maximum atomic E-state index is 12.8. The lowest BCUT2D eigenvalue weighted by Crippen LogP contribution is -2.36. The van der Waals surface area contributed by atoms with Gasteiger partial charge in [0.25, 0.3) is 5.56 Å². The lowest BCUT2D eigenvalue weighted by molar-refractivity contribution is -0.0587. The third kappa shape index (κ3) is 5.31. The number of hydrogen-bond acceptors (Lipinski definition) is 7. The second-order valence-corrected chi connectivity index (χ2v) is 8.98. The normalized spacial score (nSPS) is 19.2. The lowest BCUT2D eigenvalue weighted by Gasteiger charge is -2.19. The molecule has 1 aliphatic rings. The minimum Gasteiger partial charge on any atom is -0.459 e. The number of esters is 2. The number of ether oxygens (including phenoxy) is 3. The Morgan fingerprint density at radius 3 is 2.06 bits per heavy atom. The van der Waals surface area contributed by atoms with Crippen molar-refractivity contribution >= 4 is 11.9 Å². The Morgan fingerprint density at radius 2 is 1.47 bits per heavy atom. The number of aromatic amines is 1. The van der Waals surface area contributed by atoms with E-state index in [1.807, 2.05) is 13.8 Å². The van der Waals surface area contributed by atoms with Crippen LogP contribution in [-0.2, 0) is 14.2 Å². The molecule has 9 heteroatoms. The number of carbonyl (C=O) groups is 2. The van der Waals surface area contributed by atoms with Gasteiger partial charge in [-0.3, -0.25) is 14.3 Å². The van der Waals surface area contributed by atoms with Crippen molar-refractivity contribution in [2.24, 2.45) is 0 Å². The summed E-state index contributed by atoms with van der Waals surface area (Å²) in [5, 5.41) is 0. The fraction of sp³-hybridized carbons (Fsp3) is 0.333. The van der Waals surface area contributed by atoms with Crippen LogP contribution in [0.4, 0.5) is 0 Å². The number of aryl methyl sites for hydroxylation is 2. The third-order valence-electron chi connectivity index (χ3n) is 6.36. The summed E-state index contributed by atoms with van der Waals surface area (Å²) in [6, 6.07) is 13.9. The van der Waals surface area contributed by atoms with Gasteiger partial charge in [-0.05, 0) is 52.0 Å². The van der Waals surface area contributed by atoms with Gasteiger partial charge in [-0.15, -0.1) is 0 Å². The number of carbonyl (C=O) groups excluding carboxylic acids is 2. The Balaban J connectivity index is 1.56. The zero-order valence-corrected chi connectivity index (χ0v) is 20.6. The van der Waals surface area contributed by atoms with E-state index < -0.39 is 41.6 Å². The van der Waals surface area contributed by atoms with E-state index in [2.05, 4.69) is 4.98 Å². The average Bonchev–Trinajstić information content (AvgIpc) is 3.23. The van der Waals surface area contributed by atoms with Gasteiger partial charge in [0.1, 0.15) is 25.0 Å². The second-order valence-electron chi connectivity index (χ2n) is 8.98. The first kappa shape index (κ1) is 25.1. The SMILES string of the molecule is Cc1ccc(C(=O)OC[C@H]2O[C@@H](n3c(C)c(C)c(=O)[nH]c3=O)C[C@@H]2OC(=O)c2ccc(C)cc2)cc1. The van der Waals surface area contributed by atoms with Crippen molar-refractivity contribution in [1.29, 1.82) is 0 Å². The van der Waals surface area contributed by atoms with E-state index in [-0.39, 0.29) is 13.0 Å². The summed E-state index contributed by atoms with van der Waals surface area (Å²) in [7, 11) is 0. The summed E-state index contributed by atoms with van der Waals surface area (Å²) in [5.41, 5.74) is 2.47. The molecule has 1 fully saturated rings. The molecule has 0 aliphatic carbocycles. The van der Waals surface area contributed by atoms with Crippen molar-refractivity contribution in [2.45, 2.75) is 52.6 Å². The van der Waals surface area contributed by atoms with Crippen LogP contribution in [0.15, 0.2) is 58.1 Å². The highest BCUT2D eigenvalue weighted by Gasteiger charge is 2.41. The van der Waals surface area contributed by atoms with Crippen molar-refractivity contribution in [1.82, 2.24) is 9.55 Å². The molecule has 0 radical (unpaired) electrons. The third-order valence-corrected chi connectivity index (χ3v) is 6.36. The topological polar surface area (TPSA) is 117 Å². The molecule has 1 saturated heterocycles. The molecule has 3 aromatic rings. The molecule has 2 aromatic carbocycles. The highest BCUT2D eigenvalue weighted by molar-refractivity contribution is 5.90. The molecule has 2 heterocycles. The molecule has 1 aromatic heterocycles. The van der Waals surface area contributed by atoms with Gasteiger partial charge in [-0.2, -0.15) is 0 Å². The molecule has 188 valence electrons. The Kier molecular flexibility index (Phi) is 7.21. The summed E-state index contributed by atoms with van der Waals surface area (Å²) in [6.45, 7) is 6.89. The van der Waals surface area contributed by atoms with Gasteiger partial charge in [-0.1, -0.05) is 35.4 Å². The molecule has 1 N–H and O–H groups in total. The van der Waals surface area contributed by atoms with Gasteiger partial charge in [0, 0.05) is 17.7 Å². The van der Waals surface area contributed by atoms with Crippen LogP contribution < -0.4 is 11.2 Å². The Hall–Kier alpha value is -3.98. The Labute approximate surface area is 207 Å². The minimum atomic E-state index is -0.827. The summed E-state index contributed by atoms with van der Waals surface area (Å²) in [5.74, 6) is -1.10. The number of H-pyrrole nitrogens is 1. The number of nitrogens with one attached hydrogen (secondary N) is 1. The number of benzene rings is 2. The van der Waals surface area contributed by atoms with E-state index in [9.17, 15) is 19.2 Å². The predicted molar refractivity (Wildman–Crippen MR) is 131 cm³/mol. The second kappa shape index (κ2) is 10.3. The number of rotatable bonds is 6. The van der Waals surface area contributed by atoms with Gasteiger partial charge < -0.3 is 14.2 Å². The predicted octanol–water partition coefficient (Wildman–Crippen LogP) is 3.14. The van der Waals surface area contributed by atoms with Gasteiger partial charge in [-0.25, -0.2) is 14.4 Å². The molecule has 0 spiro atoms. The fourth-order valence-corrected chi connectivity index (χ4v) is 4.05.